The second kappa shape index (κ2) is 4.82. The van der Waals surface area contributed by atoms with Gasteiger partial charge in [-0.25, -0.2) is 0 Å². The Morgan fingerprint density at radius 2 is 1.81 bits per heavy atom. The highest BCUT2D eigenvalue weighted by Gasteiger charge is 2.16. The number of ketones is 1. The minimum atomic E-state index is 0.0921. The summed E-state index contributed by atoms with van der Waals surface area (Å²) in [4.78, 5) is 11.9. The molecular formula is C15H22O. The largest absolute Gasteiger partial charge is 0.299 e. The van der Waals surface area contributed by atoms with Crippen LogP contribution in [0.25, 0.3) is 0 Å². The molecular weight excluding hydrogens is 196 g/mol. The van der Waals surface area contributed by atoms with Crippen LogP contribution in [0.5, 0.6) is 0 Å². The summed E-state index contributed by atoms with van der Waals surface area (Å²) in [5.74, 6) is 0.334. The quantitative estimate of drug-likeness (QED) is 0.753. The van der Waals surface area contributed by atoms with E-state index in [-0.39, 0.29) is 5.41 Å². The van der Waals surface area contributed by atoms with Crippen LogP contribution in [0.3, 0.4) is 0 Å². The summed E-state index contributed by atoms with van der Waals surface area (Å²) >= 11 is 0. The van der Waals surface area contributed by atoms with Crippen molar-refractivity contribution < 1.29 is 4.79 Å². The summed E-state index contributed by atoms with van der Waals surface area (Å²) in [7, 11) is 0. The van der Waals surface area contributed by atoms with E-state index >= 15 is 0 Å². The van der Waals surface area contributed by atoms with E-state index in [2.05, 4.69) is 52.8 Å². The van der Waals surface area contributed by atoms with Crippen molar-refractivity contribution in [2.75, 3.05) is 0 Å². The molecule has 0 spiro atoms. The lowest BCUT2D eigenvalue weighted by Crippen LogP contribution is -2.15. The van der Waals surface area contributed by atoms with Crippen LogP contribution in [0.4, 0.5) is 0 Å². The van der Waals surface area contributed by atoms with Crippen LogP contribution in [0.15, 0.2) is 18.2 Å². The second-order valence-electron chi connectivity index (χ2n) is 5.88. The number of benzene rings is 1. The molecule has 1 rings (SSSR count). The van der Waals surface area contributed by atoms with Gasteiger partial charge in [0.15, 0.2) is 0 Å². The van der Waals surface area contributed by atoms with Crippen LogP contribution < -0.4 is 0 Å². The number of carbonyl (C=O) groups is 1. The SMILES string of the molecule is Cc1ccc(C)c(CC(=O)CC(C)(C)C)c1. The normalized spacial score (nSPS) is 11.6. The Kier molecular flexibility index (Phi) is 3.90. The molecule has 0 radical (unpaired) electrons. The molecule has 0 heterocycles. The highest BCUT2D eigenvalue weighted by atomic mass is 16.1. The predicted octanol–water partition coefficient (Wildman–Crippen LogP) is 3.85. The van der Waals surface area contributed by atoms with Crippen LogP contribution in [-0.4, -0.2) is 5.78 Å². The van der Waals surface area contributed by atoms with Gasteiger partial charge in [-0.05, 0) is 30.4 Å². The molecule has 1 nitrogen and oxygen atoms in total. The molecule has 0 fully saturated rings. The van der Waals surface area contributed by atoms with Gasteiger partial charge in [-0.15, -0.1) is 0 Å². The third kappa shape index (κ3) is 4.18. The fourth-order valence-corrected chi connectivity index (χ4v) is 1.86. The number of aryl methyl sites for hydroxylation is 2. The van der Waals surface area contributed by atoms with Crippen molar-refractivity contribution in [2.45, 2.75) is 47.5 Å². The van der Waals surface area contributed by atoms with Crippen molar-refractivity contribution in [1.82, 2.24) is 0 Å². The Hall–Kier alpha value is -1.11. The first-order chi connectivity index (χ1) is 7.28. The average Bonchev–Trinajstić information content (AvgIpc) is 2.08. The second-order valence-corrected chi connectivity index (χ2v) is 5.88. The fourth-order valence-electron chi connectivity index (χ4n) is 1.86. The topological polar surface area (TPSA) is 17.1 Å². The van der Waals surface area contributed by atoms with Gasteiger partial charge in [0.2, 0.25) is 0 Å². The molecule has 0 saturated heterocycles. The lowest BCUT2D eigenvalue weighted by atomic mass is 9.87. The molecule has 1 heteroatoms. The molecule has 0 aliphatic rings. The molecule has 0 atom stereocenters. The average molecular weight is 218 g/mol. The molecule has 0 saturated carbocycles. The Bertz CT molecular complexity index is 383. The summed E-state index contributed by atoms with van der Waals surface area (Å²) in [6, 6.07) is 6.30. The molecule has 0 aliphatic heterocycles. The van der Waals surface area contributed by atoms with Crippen molar-refractivity contribution >= 4 is 5.78 Å². The van der Waals surface area contributed by atoms with E-state index in [0.717, 1.165) is 0 Å². The molecule has 0 aliphatic carbocycles. The summed E-state index contributed by atoms with van der Waals surface area (Å²) in [6.45, 7) is 10.5. The van der Waals surface area contributed by atoms with Crippen LogP contribution in [-0.2, 0) is 11.2 Å². The number of hydrogen-bond acceptors (Lipinski definition) is 1. The van der Waals surface area contributed by atoms with E-state index in [1.807, 2.05) is 0 Å². The lowest BCUT2D eigenvalue weighted by molar-refractivity contribution is -0.120. The zero-order valence-electron chi connectivity index (χ0n) is 11.1. The maximum absolute atomic E-state index is 11.9. The molecule has 1 aromatic carbocycles. The molecule has 0 bridgehead atoms. The van der Waals surface area contributed by atoms with Crippen molar-refractivity contribution in [3.63, 3.8) is 0 Å². The van der Waals surface area contributed by atoms with E-state index in [9.17, 15) is 4.79 Å². The minimum absolute atomic E-state index is 0.0921. The number of rotatable bonds is 3. The van der Waals surface area contributed by atoms with Gasteiger partial charge in [-0.2, -0.15) is 0 Å². The lowest BCUT2D eigenvalue weighted by Gasteiger charge is -2.17. The molecule has 0 unspecified atom stereocenters. The van der Waals surface area contributed by atoms with Gasteiger partial charge >= 0.3 is 0 Å². The van der Waals surface area contributed by atoms with Crippen LogP contribution in [0.2, 0.25) is 0 Å². The first-order valence-corrected chi connectivity index (χ1v) is 5.86. The van der Waals surface area contributed by atoms with Crippen LogP contribution >= 0.6 is 0 Å². The van der Waals surface area contributed by atoms with Gasteiger partial charge in [0, 0.05) is 12.8 Å². The first-order valence-electron chi connectivity index (χ1n) is 5.86. The van der Waals surface area contributed by atoms with Gasteiger partial charge in [-0.1, -0.05) is 44.5 Å². The van der Waals surface area contributed by atoms with Crippen molar-refractivity contribution in [3.05, 3.63) is 34.9 Å². The van der Waals surface area contributed by atoms with E-state index in [4.69, 9.17) is 0 Å². The predicted molar refractivity (Wildman–Crippen MR) is 68.7 cm³/mol. The van der Waals surface area contributed by atoms with Crippen molar-refractivity contribution in [3.8, 4) is 0 Å². The maximum atomic E-state index is 11.9. The Morgan fingerprint density at radius 1 is 1.19 bits per heavy atom. The molecule has 0 N–H and O–H groups in total. The van der Waals surface area contributed by atoms with E-state index in [0.29, 0.717) is 18.6 Å². The first kappa shape index (κ1) is 13.0. The highest BCUT2D eigenvalue weighted by molar-refractivity contribution is 5.81. The van der Waals surface area contributed by atoms with Crippen LogP contribution in [0.1, 0.15) is 43.9 Å². The van der Waals surface area contributed by atoms with Gasteiger partial charge in [-0.3, -0.25) is 4.79 Å². The molecule has 16 heavy (non-hydrogen) atoms. The smallest absolute Gasteiger partial charge is 0.137 e. The highest BCUT2D eigenvalue weighted by Crippen LogP contribution is 2.21. The van der Waals surface area contributed by atoms with Crippen molar-refractivity contribution in [2.24, 2.45) is 5.41 Å². The Balaban J connectivity index is 2.73. The third-order valence-corrected chi connectivity index (χ3v) is 2.62. The van der Waals surface area contributed by atoms with E-state index < -0.39 is 0 Å². The molecule has 88 valence electrons. The van der Waals surface area contributed by atoms with Gasteiger partial charge in [0.05, 0.1) is 0 Å². The third-order valence-electron chi connectivity index (χ3n) is 2.62. The zero-order valence-corrected chi connectivity index (χ0v) is 11.1. The summed E-state index contributed by atoms with van der Waals surface area (Å²) < 4.78 is 0. The monoisotopic (exact) mass is 218 g/mol. The van der Waals surface area contributed by atoms with Gasteiger partial charge in [0.25, 0.3) is 0 Å². The van der Waals surface area contributed by atoms with Crippen molar-refractivity contribution in [1.29, 1.82) is 0 Å². The summed E-state index contributed by atoms with van der Waals surface area (Å²) in [6.07, 6.45) is 1.23. The fraction of sp³-hybridized carbons (Fsp3) is 0.533. The van der Waals surface area contributed by atoms with E-state index in [1.165, 1.54) is 16.7 Å². The van der Waals surface area contributed by atoms with Crippen LogP contribution in [0, 0.1) is 19.3 Å². The van der Waals surface area contributed by atoms with E-state index in [1.54, 1.807) is 0 Å². The zero-order chi connectivity index (χ0) is 12.3. The number of hydrogen-bond donors (Lipinski definition) is 0. The molecule has 1 aromatic rings. The van der Waals surface area contributed by atoms with Gasteiger partial charge in [0.1, 0.15) is 5.78 Å². The molecule has 0 aromatic heterocycles. The maximum Gasteiger partial charge on any atom is 0.137 e. The summed E-state index contributed by atoms with van der Waals surface area (Å²) in [5.41, 5.74) is 3.71. The molecule has 0 amide bonds. The number of Topliss-reactive ketones (excluding diaryl/α,β-unsaturated/α-hetero) is 1. The summed E-state index contributed by atoms with van der Waals surface area (Å²) in [5, 5.41) is 0. The van der Waals surface area contributed by atoms with Gasteiger partial charge < -0.3 is 0 Å². The number of carbonyl (C=O) groups excluding carboxylic acids is 1. The minimum Gasteiger partial charge on any atom is -0.299 e. The Labute approximate surface area is 98.9 Å². The Morgan fingerprint density at radius 3 is 2.38 bits per heavy atom. The standard InChI is InChI=1S/C15H22O/c1-11-6-7-12(2)13(8-11)9-14(16)10-15(3,4)5/h6-8H,9-10H2,1-5H3.